The molecule has 0 unspecified atom stereocenters. The number of nitrogens with zero attached hydrogens (tertiary/aromatic N) is 3. The van der Waals surface area contributed by atoms with Crippen molar-refractivity contribution in [2.24, 2.45) is 0 Å². The largest absolute Gasteiger partial charge is 0.368 e. The molecule has 0 radical (unpaired) electrons. The Kier molecular flexibility index (Phi) is 4.47. The van der Waals surface area contributed by atoms with Gasteiger partial charge in [-0.25, -0.2) is 0 Å². The highest BCUT2D eigenvalue weighted by atomic mass is 32.2. The van der Waals surface area contributed by atoms with E-state index in [-0.39, 0.29) is 0 Å². The van der Waals surface area contributed by atoms with E-state index in [4.69, 9.17) is 5.73 Å². The minimum absolute atomic E-state index is 0.486. The predicted molar refractivity (Wildman–Crippen MR) is 80.2 cm³/mol. The molecule has 19 heavy (non-hydrogen) atoms. The molecule has 0 bridgehead atoms. The van der Waals surface area contributed by atoms with Gasteiger partial charge in [-0.2, -0.15) is 0 Å². The molecular formula is C14H20N4S. The van der Waals surface area contributed by atoms with Crippen LogP contribution >= 0.6 is 11.8 Å². The summed E-state index contributed by atoms with van der Waals surface area (Å²) in [5, 5.41) is 8.89. The molecule has 2 rings (SSSR count). The molecular weight excluding hydrogens is 256 g/mol. The van der Waals surface area contributed by atoms with Gasteiger partial charge >= 0.3 is 0 Å². The van der Waals surface area contributed by atoms with Crippen LogP contribution in [0.3, 0.4) is 0 Å². The molecule has 0 fully saturated rings. The lowest BCUT2D eigenvalue weighted by atomic mass is 10.0. The van der Waals surface area contributed by atoms with E-state index in [1.165, 1.54) is 11.1 Å². The van der Waals surface area contributed by atoms with Gasteiger partial charge in [0.25, 0.3) is 0 Å². The first kappa shape index (κ1) is 13.9. The summed E-state index contributed by atoms with van der Waals surface area (Å²) in [5.41, 5.74) is 8.41. The van der Waals surface area contributed by atoms with Crippen LogP contribution in [-0.2, 0) is 12.3 Å². The SMILES string of the molecule is CCn1c(N)nnc1SCc1ccc(C(C)C)cc1. The fourth-order valence-corrected chi connectivity index (χ4v) is 2.82. The maximum atomic E-state index is 5.75. The Labute approximate surface area is 118 Å². The highest BCUT2D eigenvalue weighted by Gasteiger charge is 2.08. The zero-order valence-corrected chi connectivity index (χ0v) is 12.4. The van der Waals surface area contributed by atoms with Gasteiger partial charge in [0, 0.05) is 12.3 Å². The van der Waals surface area contributed by atoms with E-state index in [0.717, 1.165) is 17.5 Å². The van der Waals surface area contributed by atoms with Gasteiger partial charge in [-0.05, 0) is 24.0 Å². The molecule has 2 N–H and O–H groups in total. The van der Waals surface area contributed by atoms with Gasteiger partial charge in [0.1, 0.15) is 0 Å². The first-order valence-electron chi connectivity index (χ1n) is 6.52. The zero-order valence-electron chi connectivity index (χ0n) is 11.6. The van der Waals surface area contributed by atoms with Crippen molar-refractivity contribution in [2.75, 3.05) is 5.73 Å². The van der Waals surface area contributed by atoms with Gasteiger partial charge in [0.05, 0.1) is 0 Å². The van der Waals surface area contributed by atoms with Crippen molar-refractivity contribution in [3.8, 4) is 0 Å². The van der Waals surface area contributed by atoms with E-state index in [0.29, 0.717) is 11.9 Å². The fourth-order valence-electron chi connectivity index (χ4n) is 1.85. The predicted octanol–water partition coefficient (Wildman–Crippen LogP) is 3.30. The summed E-state index contributed by atoms with van der Waals surface area (Å²) in [6.07, 6.45) is 0. The van der Waals surface area contributed by atoms with Gasteiger partial charge in [-0.1, -0.05) is 49.9 Å². The third kappa shape index (κ3) is 3.29. The maximum absolute atomic E-state index is 5.75. The molecule has 1 aromatic carbocycles. The number of benzene rings is 1. The number of hydrogen-bond acceptors (Lipinski definition) is 4. The second-order valence-electron chi connectivity index (χ2n) is 4.77. The monoisotopic (exact) mass is 276 g/mol. The summed E-state index contributed by atoms with van der Waals surface area (Å²) in [6.45, 7) is 7.25. The van der Waals surface area contributed by atoms with Crippen LogP contribution in [0.15, 0.2) is 29.4 Å². The lowest BCUT2D eigenvalue weighted by Gasteiger charge is -2.07. The van der Waals surface area contributed by atoms with E-state index in [1.54, 1.807) is 11.8 Å². The van der Waals surface area contributed by atoms with Crippen molar-refractivity contribution in [1.29, 1.82) is 0 Å². The van der Waals surface area contributed by atoms with E-state index >= 15 is 0 Å². The topological polar surface area (TPSA) is 56.7 Å². The Morgan fingerprint density at radius 3 is 2.47 bits per heavy atom. The number of anilines is 1. The lowest BCUT2D eigenvalue weighted by molar-refractivity contribution is 0.689. The number of nitrogen functional groups attached to an aromatic ring is 1. The number of thioether (sulfide) groups is 1. The molecule has 4 nitrogen and oxygen atoms in total. The van der Waals surface area contributed by atoms with Crippen LogP contribution in [-0.4, -0.2) is 14.8 Å². The summed E-state index contributed by atoms with van der Waals surface area (Å²) < 4.78 is 1.92. The minimum atomic E-state index is 0.486. The Bertz CT molecular complexity index is 531. The minimum Gasteiger partial charge on any atom is -0.368 e. The molecule has 5 heteroatoms. The lowest BCUT2D eigenvalue weighted by Crippen LogP contribution is -2.02. The summed E-state index contributed by atoms with van der Waals surface area (Å²) in [4.78, 5) is 0. The number of aromatic nitrogens is 3. The third-order valence-electron chi connectivity index (χ3n) is 3.08. The number of hydrogen-bond donors (Lipinski definition) is 1. The van der Waals surface area contributed by atoms with Gasteiger partial charge in [-0.15, -0.1) is 10.2 Å². The molecule has 0 atom stereocenters. The molecule has 0 aliphatic rings. The van der Waals surface area contributed by atoms with Gasteiger partial charge < -0.3 is 5.73 Å². The highest BCUT2D eigenvalue weighted by Crippen LogP contribution is 2.23. The maximum Gasteiger partial charge on any atom is 0.222 e. The van der Waals surface area contributed by atoms with Gasteiger partial charge in [-0.3, -0.25) is 4.57 Å². The van der Waals surface area contributed by atoms with Crippen LogP contribution in [0.1, 0.15) is 37.8 Å². The molecule has 0 amide bonds. The smallest absolute Gasteiger partial charge is 0.222 e. The van der Waals surface area contributed by atoms with Gasteiger partial charge in [0.15, 0.2) is 5.16 Å². The second kappa shape index (κ2) is 6.10. The van der Waals surface area contributed by atoms with Crippen molar-refractivity contribution >= 4 is 17.7 Å². The Morgan fingerprint density at radius 1 is 1.21 bits per heavy atom. The molecule has 0 aliphatic heterocycles. The van der Waals surface area contributed by atoms with E-state index in [2.05, 4.69) is 48.3 Å². The zero-order chi connectivity index (χ0) is 13.8. The fraction of sp³-hybridized carbons (Fsp3) is 0.429. The Morgan fingerprint density at radius 2 is 1.89 bits per heavy atom. The average Bonchev–Trinajstić information content (AvgIpc) is 2.77. The van der Waals surface area contributed by atoms with Crippen molar-refractivity contribution in [3.63, 3.8) is 0 Å². The van der Waals surface area contributed by atoms with Gasteiger partial charge in [0.2, 0.25) is 5.95 Å². The third-order valence-corrected chi connectivity index (χ3v) is 4.11. The van der Waals surface area contributed by atoms with Crippen LogP contribution < -0.4 is 5.73 Å². The number of rotatable bonds is 5. The number of nitrogens with two attached hydrogens (primary N) is 1. The van der Waals surface area contributed by atoms with Crippen molar-refractivity contribution in [2.45, 2.75) is 44.1 Å². The van der Waals surface area contributed by atoms with Crippen LogP contribution in [0.25, 0.3) is 0 Å². The Balaban J connectivity index is 2.02. The molecule has 0 spiro atoms. The second-order valence-corrected chi connectivity index (χ2v) is 5.71. The summed E-state index contributed by atoms with van der Waals surface area (Å²) in [7, 11) is 0. The Hall–Kier alpha value is -1.49. The van der Waals surface area contributed by atoms with Crippen LogP contribution in [0.4, 0.5) is 5.95 Å². The van der Waals surface area contributed by atoms with Crippen LogP contribution in [0, 0.1) is 0 Å². The molecule has 0 saturated heterocycles. The quantitative estimate of drug-likeness (QED) is 0.851. The molecule has 0 saturated carbocycles. The molecule has 2 aromatic rings. The molecule has 1 heterocycles. The molecule has 1 aromatic heterocycles. The van der Waals surface area contributed by atoms with E-state index in [9.17, 15) is 0 Å². The normalized spacial score (nSPS) is 11.2. The van der Waals surface area contributed by atoms with Crippen molar-refractivity contribution in [1.82, 2.24) is 14.8 Å². The highest BCUT2D eigenvalue weighted by molar-refractivity contribution is 7.98. The van der Waals surface area contributed by atoms with Crippen molar-refractivity contribution in [3.05, 3.63) is 35.4 Å². The molecule has 102 valence electrons. The first-order chi connectivity index (χ1) is 9.11. The van der Waals surface area contributed by atoms with Crippen LogP contribution in [0.5, 0.6) is 0 Å². The summed E-state index contributed by atoms with van der Waals surface area (Å²) in [5.74, 6) is 1.95. The average molecular weight is 276 g/mol. The standard InChI is InChI=1S/C14H20N4S/c1-4-18-13(15)16-17-14(18)19-9-11-5-7-12(8-6-11)10(2)3/h5-8,10H,4,9H2,1-3H3,(H2,15,16). The summed E-state index contributed by atoms with van der Waals surface area (Å²) >= 11 is 1.67. The van der Waals surface area contributed by atoms with Crippen molar-refractivity contribution < 1.29 is 0 Å². The van der Waals surface area contributed by atoms with E-state index < -0.39 is 0 Å². The van der Waals surface area contributed by atoms with E-state index in [1.807, 2.05) is 11.5 Å². The first-order valence-corrected chi connectivity index (χ1v) is 7.50. The summed E-state index contributed by atoms with van der Waals surface area (Å²) in [6, 6.07) is 8.75. The van der Waals surface area contributed by atoms with Crippen LogP contribution in [0.2, 0.25) is 0 Å². The molecule has 0 aliphatic carbocycles.